The third-order valence-corrected chi connectivity index (χ3v) is 2.08. The van der Waals surface area contributed by atoms with Crippen LogP contribution < -0.4 is 0 Å². The number of hydrogen-bond donors (Lipinski definition) is 1. The number of imidazole rings is 1. The van der Waals surface area contributed by atoms with Gasteiger partial charge in [0.25, 0.3) is 0 Å². The van der Waals surface area contributed by atoms with Crippen molar-refractivity contribution in [1.82, 2.24) is 9.55 Å². The molecule has 15 heavy (non-hydrogen) atoms. The molecule has 0 aliphatic rings. The third kappa shape index (κ3) is 1.34. The van der Waals surface area contributed by atoms with Crippen molar-refractivity contribution in [3.8, 4) is 0 Å². The molecule has 4 nitrogen and oxygen atoms in total. The Bertz CT molecular complexity index is 563. The summed E-state index contributed by atoms with van der Waals surface area (Å²) >= 11 is 0. The number of carboxylic acids is 1. The Hall–Kier alpha value is -1.98. The number of aryl methyl sites for hydroxylation is 1. The number of benzene rings is 1. The van der Waals surface area contributed by atoms with Crippen LogP contribution in [0.1, 0.15) is 10.6 Å². The highest BCUT2D eigenvalue weighted by molar-refractivity contribution is 5.89. The number of fused-ring (bicyclic) bond motifs is 1. The van der Waals surface area contributed by atoms with E-state index in [1.165, 1.54) is 7.05 Å². The predicted molar refractivity (Wildman–Crippen MR) is 47.6 cm³/mol. The normalized spacial score (nSPS) is 10.9. The molecule has 0 aliphatic heterocycles. The minimum absolute atomic E-state index is 0.00704. The summed E-state index contributed by atoms with van der Waals surface area (Å²) in [5.74, 6) is -3.22. The van der Waals surface area contributed by atoms with Crippen LogP contribution in [0.4, 0.5) is 8.78 Å². The van der Waals surface area contributed by atoms with Crippen molar-refractivity contribution in [1.29, 1.82) is 0 Å². The second-order valence-corrected chi connectivity index (χ2v) is 3.05. The molecular weight excluding hydrogens is 206 g/mol. The summed E-state index contributed by atoms with van der Waals surface area (Å²) in [5.41, 5.74) is -0.0267. The lowest BCUT2D eigenvalue weighted by molar-refractivity contribution is 0.0680. The van der Waals surface area contributed by atoms with E-state index in [0.717, 1.165) is 10.6 Å². The standard InChI is InChI=1S/C9H6F2N2O2/c1-13-7-5(11)2-4(10)3-6(7)12-8(13)9(14)15/h2-3H,1H3,(H,14,15). The summed E-state index contributed by atoms with van der Waals surface area (Å²) in [6, 6.07) is 1.68. The maximum absolute atomic E-state index is 13.3. The molecule has 78 valence electrons. The number of carbonyl (C=O) groups is 1. The number of nitrogens with zero attached hydrogens (tertiary/aromatic N) is 2. The van der Waals surface area contributed by atoms with E-state index in [4.69, 9.17) is 5.11 Å². The van der Waals surface area contributed by atoms with Gasteiger partial charge in [0.1, 0.15) is 11.3 Å². The van der Waals surface area contributed by atoms with E-state index < -0.39 is 17.6 Å². The van der Waals surface area contributed by atoms with Crippen LogP contribution in [-0.2, 0) is 7.05 Å². The number of halogens is 2. The minimum Gasteiger partial charge on any atom is -0.475 e. The van der Waals surface area contributed by atoms with E-state index in [-0.39, 0.29) is 16.9 Å². The van der Waals surface area contributed by atoms with Gasteiger partial charge in [-0.15, -0.1) is 0 Å². The van der Waals surface area contributed by atoms with E-state index in [2.05, 4.69) is 4.98 Å². The fourth-order valence-electron chi connectivity index (χ4n) is 1.46. The van der Waals surface area contributed by atoms with Gasteiger partial charge in [-0.2, -0.15) is 0 Å². The first-order valence-corrected chi connectivity index (χ1v) is 4.05. The molecule has 0 amide bonds. The van der Waals surface area contributed by atoms with Gasteiger partial charge in [-0.25, -0.2) is 18.6 Å². The maximum atomic E-state index is 13.3. The summed E-state index contributed by atoms with van der Waals surface area (Å²) in [6.07, 6.45) is 0. The number of aromatic nitrogens is 2. The predicted octanol–water partition coefficient (Wildman–Crippen LogP) is 1.55. The van der Waals surface area contributed by atoms with Crippen molar-refractivity contribution in [2.75, 3.05) is 0 Å². The molecular formula is C9H6F2N2O2. The van der Waals surface area contributed by atoms with Gasteiger partial charge in [0.2, 0.25) is 5.82 Å². The van der Waals surface area contributed by atoms with Crippen LogP contribution in [0, 0.1) is 11.6 Å². The van der Waals surface area contributed by atoms with Gasteiger partial charge in [-0.1, -0.05) is 0 Å². The minimum atomic E-state index is -1.28. The van der Waals surface area contributed by atoms with E-state index in [1.54, 1.807) is 0 Å². The Morgan fingerprint density at radius 1 is 1.47 bits per heavy atom. The molecule has 1 heterocycles. The fourth-order valence-corrected chi connectivity index (χ4v) is 1.46. The Kier molecular flexibility index (Phi) is 1.92. The number of rotatable bonds is 1. The summed E-state index contributed by atoms with van der Waals surface area (Å²) in [6.45, 7) is 0. The molecule has 0 bridgehead atoms. The molecule has 1 aromatic heterocycles. The number of hydrogen-bond acceptors (Lipinski definition) is 2. The third-order valence-electron chi connectivity index (χ3n) is 2.08. The Morgan fingerprint density at radius 3 is 2.73 bits per heavy atom. The van der Waals surface area contributed by atoms with E-state index in [1.807, 2.05) is 0 Å². The van der Waals surface area contributed by atoms with Gasteiger partial charge in [0.15, 0.2) is 5.82 Å². The Labute approximate surface area is 82.8 Å². The number of carboxylic acid groups (broad SMARTS) is 1. The molecule has 0 spiro atoms. The SMILES string of the molecule is Cn1c(C(=O)O)nc2cc(F)cc(F)c21. The van der Waals surface area contributed by atoms with E-state index in [9.17, 15) is 13.6 Å². The molecule has 1 N–H and O–H groups in total. The van der Waals surface area contributed by atoms with Crippen LogP contribution in [0.15, 0.2) is 12.1 Å². The molecule has 0 atom stereocenters. The van der Waals surface area contributed by atoms with Crippen molar-refractivity contribution in [3.63, 3.8) is 0 Å². The first-order valence-electron chi connectivity index (χ1n) is 4.05. The van der Waals surface area contributed by atoms with Crippen LogP contribution >= 0.6 is 0 Å². The lowest BCUT2D eigenvalue weighted by Gasteiger charge is -1.98. The van der Waals surface area contributed by atoms with E-state index in [0.29, 0.717) is 6.07 Å². The highest BCUT2D eigenvalue weighted by Crippen LogP contribution is 2.19. The number of aromatic carboxylic acids is 1. The van der Waals surface area contributed by atoms with Crippen LogP contribution in [0.25, 0.3) is 11.0 Å². The van der Waals surface area contributed by atoms with Crippen LogP contribution in [-0.4, -0.2) is 20.6 Å². The summed E-state index contributed by atoms with van der Waals surface area (Å²) in [7, 11) is 1.36. The van der Waals surface area contributed by atoms with Crippen LogP contribution in [0.2, 0.25) is 0 Å². The summed E-state index contributed by atoms with van der Waals surface area (Å²) < 4.78 is 27.2. The molecule has 0 saturated carbocycles. The average Bonchev–Trinajstić information content (AvgIpc) is 2.42. The largest absolute Gasteiger partial charge is 0.475 e. The topological polar surface area (TPSA) is 55.1 Å². The molecule has 2 aromatic rings. The second-order valence-electron chi connectivity index (χ2n) is 3.05. The molecule has 1 aromatic carbocycles. The first-order chi connectivity index (χ1) is 7.00. The first kappa shape index (κ1) is 9.57. The highest BCUT2D eigenvalue weighted by Gasteiger charge is 2.17. The van der Waals surface area contributed by atoms with E-state index >= 15 is 0 Å². The monoisotopic (exact) mass is 212 g/mol. The second kappa shape index (κ2) is 3.01. The van der Waals surface area contributed by atoms with Crippen molar-refractivity contribution in [2.24, 2.45) is 7.05 Å². The quantitative estimate of drug-likeness (QED) is 0.780. The van der Waals surface area contributed by atoms with Gasteiger partial charge in [-0.05, 0) is 0 Å². The van der Waals surface area contributed by atoms with Crippen molar-refractivity contribution >= 4 is 17.0 Å². The summed E-state index contributed by atoms with van der Waals surface area (Å²) in [5, 5.41) is 8.73. The van der Waals surface area contributed by atoms with Gasteiger partial charge in [0, 0.05) is 19.2 Å². The zero-order valence-corrected chi connectivity index (χ0v) is 7.66. The van der Waals surface area contributed by atoms with Crippen molar-refractivity contribution in [3.05, 3.63) is 29.6 Å². The molecule has 0 unspecified atom stereocenters. The van der Waals surface area contributed by atoms with Crippen LogP contribution in [0.3, 0.4) is 0 Å². The smallest absolute Gasteiger partial charge is 0.372 e. The lowest BCUT2D eigenvalue weighted by Crippen LogP contribution is -2.06. The Balaban J connectivity index is 2.88. The molecule has 0 fully saturated rings. The van der Waals surface area contributed by atoms with Crippen molar-refractivity contribution < 1.29 is 18.7 Å². The fraction of sp³-hybridized carbons (Fsp3) is 0.111. The molecule has 2 rings (SSSR count). The van der Waals surface area contributed by atoms with Crippen LogP contribution in [0.5, 0.6) is 0 Å². The lowest BCUT2D eigenvalue weighted by atomic mass is 10.3. The molecule has 0 saturated heterocycles. The van der Waals surface area contributed by atoms with Gasteiger partial charge >= 0.3 is 5.97 Å². The van der Waals surface area contributed by atoms with Gasteiger partial charge < -0.3 is 9.67 Å². The molecule has 0 radical (unpaired) electrons. The maximum Gasteiger partial charge on any atom is 0.372 e. The average molecular weight is 212 g/mol. The van der Waals surface area contributed by atoms with Gasteiger partial charge in [0.05, 0.1) is 5.52 Å². The highest BCUT2D eigenvalue weighted by atomic mass is 19.1. The zero-order valence-electron chi connectivity index (χ0n) is 7.66. The van der Waals surface area contributed by atoms with Gasteiger partial charge in [-0.3, -0.25) is 0 Å². The molecule has 0 aliphatic carbocycles. The zero-order chi connectivity index (χ0) is 11.2. The Morgan fingerprint density at radius 2 is 2.13 bits per heavy atom. The summed E-state index contributed by atoms with van der Waals surface area (Å²) in [4.78, 5) is 14.3. The molecule has 6 heteroatoms. The van der Waals surface area contributed by atoms with Crippen molar-refractivity contribution in [2.45, 2.75) is 0 Å².